The Morgan fingerprint density at radius 2 is 1.75 bits per heavy atom. The molecule has 0 radical (unpaired) electrons. The summed E-state index contributed by atoms with van der Waals surface area (Å²) in [5.41, 5.74) is 12.7. The van der Waals surface area contributed by atoms with E-state index >= 15 is 0 Å². The van der Waals surface area contributed by atoms with E-state index in [0.29, 0.717) is 23.1 Å². The van der Waals surface area contributed by atoms with Crippen LogP contribution in [0.5, 0.6) is 0 Å². The van der Waals surface area contributed by atoms with E-state index in [-0.39, 0.29) is 11.5 Å². The SMILES string of the molecule is CC(=Cc1ccc2nc(C(C)(C)NC(=O)c3ccc4c(C5CCCC5)c(-c5cccc(N)n5)n(C)c4c3)n(C)c2c1)C(=O)O. The number of nitrogens with zero attached hydrogens (tertiary/aromatic N) is 4. The molecule has 4 N–H and O–H groups in total. The zero-order chi connectivity index (χ0) is 31.3. The number of pyridine rings is 1. The number of nitrogens with one attached hydrogen (secondary N) is 1. The molecule has 0 bridgehead atoms. The van der Waals surface area contributed by atoms with E-state index in [2.05, 4.69) is 20.9 Å². The lowest BCUT2D eigenvalue weighted by molar-refractivity contribution is -0.132. The van der Waals surface area contributed by atoms with Gasteiger partial charge in [-0.1, -0.05) is 31.0 Å². The Kier molecular flexibility index (Phi) is 7.27. The number of rotatable bonds is 7. The minimum absolute atomic E-state index is 0.197. The smallest absolute Gasteiger partial charge is 0.331 e. The molecule has 5 aromatic rings. The number of amides is 1. The monoisotopic (exact) mass is 590 g/mol. The van der Waals surface area contributed by atoms with Crippen LogP contribution in [0.4, 0.5) is 5.82 Å². The lowest BCUT2D eigenvalue weighted by Gasteiger charge is -2.26. The van der Waals surface area contributed by atoms with Gasteiger partial charge in [-0.25, -0.2) is 14.8 Å². The third-order valence-electron chi connectivity index (χ3n) is 8.89. The molecule has 3 heterocycles. The van der Waals surface area contributed by atoms with Crippen molar-refractivity contribution in [2.24, 2.45) is 14.1 Å². The molecule has 0 spiro atoms. The van der Waals surface area contributed by atoms with Crippen LogP contribution in [0.15, 0.2) is 60.2 Å². The summed E-state index contributed by atoms with van der Waals surface area (Å²) in [5, 5.41) is 13.6. The van der Waals surface area contributed by atoms with Gasteiger partial charge in [0.05, 0.1) is 28.0 Å². The van der Waals surface area contributed by atoms with E-state index in [1.54, 1.807) is 19.1 Å². The van der Waals surface area contributed by atoms with E-state index in [0.717, 1.165) is 51.7 Å². The van der Waals surface area contributed by atoms with E-state index < -0.39 is 11.5 Å². The van der Waals surface area contributed by atoms with Crippen LogP contribution in [0, 0.1) is 0 Å². The van der Waals surface area contributed by atoms with Gasteiger partial charge >= 0.3 is 5.97 Å². The summed E-state index contributed by atoms with van der Waals surface area (Å²) in [6, 6.07) is 17.3. The van der Waals surface area contributed by atoms with Crippen molar-refractivity contribution in [2.45, 2.75) is 57.9 Å². The molecule has 0 atom stereocenters. The summed E-state index contributed by atoms with van der Waals surface area (Å²) >= 11 is 0. The van der Waals surface area contributed by atoms with Crippen molar-refractivity contribution in [1.29, 1.82) is 0 Å². The van der Waals surface area contributed by atoms with E-state index in [4.69, 9.17) is 10.7 Å². The van der Waals surface area contributed by atoms with Crippen LogP contribution >= 0.6 is 0 Å². The molecule has 44 heavy (non-hydrogen) atoms. The highest BCUT2D eigenvalue weighted by Gasteiger charge is 2.31. The maximum Gasteiger partial charge on any atom is 0.331 e. The quantitative estimate of drug-likeness (QED) is 0.185. The Balaban J connectivity index is 1.35. The Labute approximate surface area is 256 Å². The van der Waals surface area contributed by atoms with Crippen LogP contribution in [0.25, 0.3) is 39.4 Å². The van der Waals surface area contributed by atoms with Crippen LogP contribution in [0.1, 0.15) is 79.7 Å². The molecule has 1 amide bonds. The number of carboxylic acid groups (broad SMARTS) is 1. The van der Waals surface area contributed by atoms with Gasteiger partial charge in [-0.05, 0) is 93.1 Å². The van der Waals surface area contributed by atoms with Crippen LogP contribution in [-0.2, 0) is 24.4 Å². The molecule has 1 saturated carbocycles. The average Bonchev–Trinajstić information content (AvgIpc) is 3.70. The summed E-state index contributed by atoms with van der Waals surface area (Å²) in [7, 11) is 3.94. The van der Waals surface area contributed by atoms with Crippen molar-refractivity contribution in [3.63, 3.8) is 0 Å². The molecule has 9 nitrogen and oxygen atoms in total. The van der Waals surface area contributed by atoms with Crippen LogP contribution in [0.3, 0.4) is 0 Å². The summed E-state index contributed by atoms with van der Waals surface area (Å²) in [6.45, 7) is 5.44. The number of carbonyl (C=O) groups excluding carboxylic acids is 1. The molecule has 2 aromatic carbocycles. The Bertz CT molecular complexity index is 1970. The highest BCUT2D eigenvalue weighted by Crippen LogP contribution is 2.44. The summed E-state index contributed by atoms with van der Waals surface area (Å²) < 4.78 is 4.10. The minimum Gasteiger partial charge on any atom is -0.478 e. The molecule has 1 fully saturated rings. The second kappa shape index (κ2) is 11.0. The molecule has 3 aromatic heterocycles. The molecular formula is C35H38N6O3. The fraction of sp³-hybridized carbons (Fsp3) is 0.314. The van der Waals surface area contributed by atoms with E-state index in [1.807, 2.05) is 75.0 Å². The first-order valence-corrected chi connectivity index (χ1v) is 15.0. The molecular weight excluding hydrogens is 552 g/mol. The fourth-order valence-corrected chi connectivity index (χ4v) is 6.71. The van der Waals surface area contributed by atoms with Crippen LogP contribution < -0.4 is 11.1 Å². The molecule has 1 aliphatic carbocycles. The number of hydrogen-bond acceptors (Lipinski definition) is 5. The van der Waals surface area contributed by atoms with Crippen molar-refractivity contribution >= 4 is 45.7 Å². The predicted octanol–water partition coefficient (Wildman–Crippen LogP) is 6.52. The number of carbonyl (C=O) groups is 2. The molecule has 1 aliphatic rings. The first-order chi connectivity index (χ1) is 20.9. The number of nitrogen functional groups attached to an aromatic ring is 1. The third-order valence-corrected chi connectivity index (χ3v) is 8.89. The van der Waals surface area contributed by atoms with Gasteiger partial charge in [0.25, 0.3) is 5.91 Å². The lowest BCUT2D eigenvalue weighted by atomic mass is 9.93. The van der Waals surface area contributed by atoms with Gasteiger partial charge in [-0.15, -0.1) is 0 Å². The fourth-order valence-electron chi connectivity index (χ4n) is 6.71. The molecule has 9 heteroatoms. The number of aliphatic carboxylic acids is 1. The average molecular weight is 591 g/mol. The molecule has 0 aliphatic heterocycles. The number of fused-ring (bicyclic) bond motifs is 2. The number of aromatic nitrogens is 4. The van der Waals surface area contributed by atoms with Crippen molar-refractivity contribution in [3.05, 3.63) is 82.7 Å². The van der Waals surface area contributed by atoms with Crippen molar-refractivity contribution in [1.82, 2.24) is 24.4 Å². The zero-order valence-electron chi connectivity index (χ0n) is 25.8. The molecule has 226 valence electrons. The van der Waals surface area contributed by atoms with Crippen LogP contribution in [0.2, 0.25) is 0 Å². The summed E-state index contributed by atoms with van der Waals surface area (Å²) in [4.78, 5) is 34.6. The molecule has 6 rings (SSSR count). The Morgan fingerprint density at radius 3 is 2.45 bits per heavy atom. The summed E-state index contributed by atoms with van der Waals surface area (Å²) in [6.07, 6.45) is 6.33. The number of imidazole rings is 1. The highest BCUT2D eigenvalue weighted by atomic mass is 16.4. The highest BCUT2D eigenvalue weighted by molar-refractivity contribution is 6.01. The minimum atomic E-state index is -0.958. The molecule has 0 unspecified atom stereocenters. The summed E-state index contributed by atoms with van der Waals surface area (Å²) in [5.74, 6) is 0.461. The van der Waals surface area contributed by atoms with Gasteiger partial charge in [0.1, 0.15) is 11.6 Å². The van der Waals surface area contributed by atoms with E-state index in [1.165, 1.54) is 18.4 Å². The number of hydrogen-bond donors (Lipinski definition) is 3. The number of benzene rings is 2. The first-order valence-electron chi connectivity index (χ1n) is 15.0. The maximum absolute atomic E-state index is 13.8. The van der Waals surface area contributed by atoms with Gasteiger partial charge in [0.15, 0.2) is 0 Å². The number of aryl methyl sites for hydroxylation is 2. The normalized spacial score (nSPS) is 14.5. The Hall–Kier alpha value is -4.92. The number of carboxylic acids is 1. The van der Waals surface area contributed by atoms with E-state index in [9.17, 15) is 14.7 Å². The van der Waals surface area contributed by atoms with Gasteiger partial charge in [0.2, 0.25) is 0 Å². The van der Waals surface area contributed by atoms with Crippen molar-refractivity contribution < 1.29 is 14.7 Å². The van der Waals surface area contributed by atoms with Gasteiger partial charge in [-0.3, -0.25) is 4.79 Å². The number of nitrogens with two attached hydrogens (primary N) is 1. The maximum atomic E-state index is 13.8. The molecule has 0 saturated heterocycles. The third kappa shape index (κ3) is 5.12. The topological polar surface area (TPSA) is 128 Å². The van der Waals surface area contributed by atoms with Gasteiger partial charge in [0, 0.05) is 36.1 Å². The largest absolute Gasteiger partial charge is 0.478 e. The second-order valence-electron chi connectivity index (χ2n) is 12.4. The predicted molar refractivity (Wildman–Crippen MR) is 174 cm³/mol. The van der Waals surface area contributed by atoms with Crippen molar-refractivity contribution in [2.75, 3.05) is 5.73 Å². The standard InChI is InChI=1S/C35H38N6O3/c1-20(33(43)44)17-21-13-16-25-28(18-21)41(5)34(38-25)35(2,3)39-32(42)23-14-15-24-27(19-23)40(4)31(26-11-8-12-29(36)37-26)30(24)22-9-6-7-10-22/h8,11-19,22H,6-7,9-10H2,1-5H3,(H2,36,37)(H,39,42)(H,43,44). The van der Waals surface area contributed by atoms with Crippen LogP contribution in [-0.4, -0.2) is 36.1 Å². The lowest BCUT2D eigenvalue weighted by Crippen LogP contribution is -2.42. The van der Waals surface area contributed by atoms with Crippen molar-refractivity contribution in [3.8, 4) is 11.4 Å². The zero-order valence-corrected chi connectivity index (χ0v) is 25.8. The van der Waals surface area contributed by atoms with Gasteiger partial charge < -0.3 is 25.3 Å². The first kappa shape index (κ1) is 29.2. The Morgan fingerprint density at radius 1 is 1.00 bits per heavy atom. The second-order valence-corrected chi connectivity index (χ2v) is 12.4. The van der Waals surface area contributed by atoms with Gasteiger partial charge in [-0.2, -0.15) is 0 Å². The number of anilines is 1.